The average Bonchev–Trinajstić information content (AvgIpc) is 3.20. The smallest absolute Gasteiger partial charge is 0.277 e. The summed E-state index contributed by atoms with van der Waals surface area (Å²) in [6.45, 7) is 2.76. The van der Waals surface area contributed by atoms with Gasteiger partial charge in [0.05, 0.1) is 0 Å². The predicted molar refractivity (Wildman–Crippen MR) is 109 cm³/mol. The number of hydrogen-bond acceptors (Lipinski definition) is 6. The molecule has 1 N–H and O–H groups in total. The number of ether oxygens (including phenoxy) is 2. The van der Waals surface area contributed by atoms with Crippen LogP contribution in [0.1, 0.15) is 28.2 Å². The lowest BCUT2D eigenvalue weighted by atomic mass is 10.0. The van der Waals surface area contributed by atoms with Crippen molar-refractivity contribution in [3.8, 4) is 11.5 Å². The maximum absolute atomic E-state index is 13.2. The molecule has 2 aliphatic heterocycles. The van der Waals surface area contributed by atoms with E-state index >= 15 is 0 Å². The zero-order valence-electron chi connectivity index (χ0n) is 16.0. The highest BCUT2D eigenvalue weighted by Crippen LogP contribution is 2.35. The predicted octanol–water partition coefficient (Wildman–Crippen LogP) is 3.85. The van der Waals surface area contributed by atoms with E-state index in [1.165, 1.54) is 5.56 Å². The van der Waals surface area contributed by atoms with Crippen LogP contribution >= 0.6 is 0 Å². The molecule has 7 heteroatoms. The number of rotatable bonds is 3. The standard InChI is InChI=1S/C22H20N4O3/c1-14-11-17(21(27)26-10-4-6-15-5-2-3-7-18(15)26)25-22(23-14)24-16-8-9-19-20(12-16)29-13-28-19/h2-3,5,7-9,11-12H,4,6,10,13H2,1H3,(H,23,24,25). The van der Waals surface area contributed by atoms with Crippen molar-refractivity contribution in [2.24, 2.45) is 0 Å². The molecule has 0 radical (unpaired) electrons. The van der Waals surface area contributed by atoms with E-state index in [0.29, 0.717) is 29.7 Å². The van der Waals surface area contributed by atoms with E-state index in [1.54, 1.807) is 6.07 Å². The van der Waals surface area contributed by atoms with Crippen LogP contribution in [0.3, 0.4) is 0 Å². The summed E-state index contributed by atoms with van der Waals surface area (Å²) in [5.74, 6) is 1.64. The maximum Gasteiger partial charge on any atom is 0.277 e. The van der Waals surface area contributed by atoms with Crippen molar-refractivity contribution in [1.29, 1.82) is 0 Å². The second-order valence-corrected chi connectivity index (χ2v) is 7.10. The highest BCUT2D eigenvalue weighted by Gasteiger charge is 2.25. The number of carbonyl (C=O) groups excluding carboxylic acids is 1. The number of para-hydroxylation sites is 1. The molecule has 1 aromatic heterocycles. The van der Waals surface area contributed by atoms with E-state index in [-0.39, 0.29) is 12.7 Å². The Bertz CT molecular complexity index is 1100. The van der Waals surface area contributed by atoms with Gasteiger partial charge in [0.2, 0.25) is 12.7 Å². The molecule has 2 aliphatic rings. The number of amides is 1. The zero-order valence-corrected chi connectivity index (χ0v) is 16.0. The first-order chi connectivity index (χ1) is 14.2. The Labute approximate surface area is 168 Å². The molecule has 3 heterocycles. The Morgan fingerprint density at radius 2 is 1.93 bits per heavy atom. The van der Waals surface area contributed by atoms with Crippen molar-refractivity contribution < 1.29 is 14.3 Å². The summed E-state index contributed by atoms with van der Waals surface area (Å²) in [7, 11) is 0. The average molecular weight is 388 g/mol. The summed E-state index contributed by atoms with van der Waals surface area (Å²) in [6.07, 6.45) is 1.93. The Hall–Kier alpha value is -3.61. The molecule has 0 saturated carbocycles. The third-order valence-electron chi connectivity index (χ3n) is 5.06. The summed E-state index contributed by atoms with van der Waals surface area (Å²) >= 11 is 0. The molecule has 1 amide bonds. The fourth-order valence-corrected chi connectivity index (χ4v) is 3.72. The number of benzene rings is 2. The first-order valence-electron chi connectivity index (χ1n) is 9.59. The van der Waals surface area contributed by atoms with Crippen LogP contribution in [0.4, 0.5) is 17.3 Å². The van der Waals surface area contributed by atoms with E-state index in [2.05, 4.69) is 21.4 Å². The molecule has 7 nitrogen and oxygen atoms in total. The highest BCUT2D eigenvalue weighted by molar-refractivity contribution is 6.05. The number of anilines is 3. The van der Waals surface area contributed by atoms with E-state index in [9.17, 15) is 4.79 Å². The molecule has 0 unspecified atom stereocenters. The van der Waals surface area contributed by atoms with Gasteiger partial charge in [-0.3, -0.25) is 4.79 Å². The second-order valence-electron chi connectivity index (χ2n) is 7.10. The fraction of sp³-hybridized carbons (Fsp3) is 0.227. The van der Waals surface area contributed by atoms with Gasteiger partial charge in [-0.2, -0.15) is 0 Å². The normalized spacial score (nSPS) is 14.4. The van der Waals surface area contributed by atoms with Crippen LogP contribution in [0.25, 0.3) is 0 Å². The van der Waals surface area contributed by atoms with Crippen LogP contribution in [0, 0.1) is 6.92 Å². The summed E-state index contributed by atoms with van der Waals surface area (Å²) in [5, 5.41) is 3.16. The lowest BCUT2D eigenvalue weighted by Crippen LogP contribution is -2.36. The van der Waals surface area contributed by atoms with E-state index in [4.69, 9.17) is 9.47 Å². The largest absolute Gasteiger partial charge is 0.454 e. The van der Waals surface area contributed by atoms with Gasteiger partial charge in [-0.05, 0) is 49.6 Å². The van der Waals surface area contributed by atoms with Crippen LogP contribution in [-0.2, 0) is 6.42 Å². The first-order valence-corrected chi connectivity index (χ1v) is 9.59. The van der Waals surface area contributed by atoms with Crippen LogP contribution in [0.15, 0.2) is 48.5 Å². The van der Waals surface area contributed by atoms with E-state index < -0.39 is 0 Å². The zero-order chi connectivity index (χ0) is 19.8. The molecule has 0 fully saturated rings. The molecular weight excluding hydrogens is 368 g/mol. The molecule has 0 atom stereocenters. The highest BCUT2D eigenvalue weighted by atomic mass is 16.7. The Kier molecular flexibility index (Phi) is 4.27. The number of hydrogen-bond donors (Lipinski definition) is 1. The quantitative estimate of drug-likeness (QED) is 0.734. The van der Waals surface area contributed by atoms with Crippen molar-refractivity contribution in [2.45, 2.75) is 19.8 Å². The van der Waals surface area contributed by atoms with Crippen LogP contribution in [-0.4, -0.2) is 29.2 Å². The number of carbonyl (C=O) groups is 1. The maximum atomic E-state index is 13.2. The number of fused-ring (bicyclic) bond motifs is 2. The number of nitrogens with zero attached hydrogens (tertiary/aromatic N) is 3. The van der Waals surface area contributed by atoms with Gasteiger partial charge < -0.3 is 19.7 Å². The third kappa shape index (κ3) is 3.35. The van der Waals surface area contributed by atoms with Gasteiger partial charge in [0.25, 0.3) is 5.91 Å². The summed E-state index contributed by atoms with van der Waals surface area (Å²) in [4.78, 5) is 24.0. The van der Waals surface area contributed by atoms with Crippen LogP contribution in [0.2, 0.25) is 0 Å². The molecule has 5 rings (SSSR count). The van der Waals surface area contributed by atoms with Gasteiger partial charge in [0.1, 0.15) is 5.69 Å². The minimum atomic E-state index is -0.114. The molecule has 0 bridgehead atoms. The van der Waals surface area contributed by atoms with Crippen molar-refractivity contribution in [3.05, 3.63) is 65.5 Å². The van der Waals surface area contributed by atoms with Gasteiger partial charge in [-0.15, -0.1) is 0 Å². The summed E-state index contributed by atoms with van der Waals surface area (Å²) in [6, 6.07) is 15.3. The Balaban J connectivity index is 1.43. The van der Waals surface area contributed by atoms with Crippen molar-refractivity contribution in [2.75, 3.05) is 23.6 Å². The molecule has 0 spiro atoms. The Morgan fingerprint density at radius 1 is 1.07 bits per heavy atom. The van der Waals surface area contributed by atoms with Gasteiger partial charge in [-0.25, -0.2) is 9.97 Å². The Morgan fingerprint density at radius 3 is 2.86 bits per heavy atom. The first kappa shape index (κ1) is 17.5. The topological polar surface area (TPSA) is 76.6 Å². The van der Waals surface area contributed by atoms with Crippen LogP contribution in [0.5, 0.6) is 11.5 Å². The molecule has 29 heavy (non-hydrogen) atoms. The van der Waals surface area contributed by atoms with E-state index in [0.717, 1.165) is 29.9 Å². The molecule has 0 aliphatic carbocycles. The molecule has 3 aromatic rings. The van der Waals surface area contributed by atoms with Crippen molar-refractivity contribution in [3.63, 3.8) is 0 Å². The van der Waals surface area contributed by atoms with Crippen molar-refractivity contribution in [1.82, 2.24) is 9.97 Å². The lowest BCUT2D eigenvalue weighted by Gasteiger charge is -2.29. The minimum absolute atomic E-state index is 0.114. The SMILES string of the molecule is Cc1cc(C(=O)N2CCCc3ccccc32)nc(Nc2ccc3c(c2)OCO3)n1. The second kappa shape index (κ2) is 7.09. The van der Waals surface area contributed by atoms with Crippen molar-refractivity contribution >= 4 is 23.2 Å². The van der Waals surface area contributed by atoms with Crippen LogP contribution < -0.4 is 19.7 Å². The monoisotopic (exact) mass is 388 g/mol. The molecular formula is C22H20N4O3. The minimum Gasteiger partial charge on any atom is -0.454 e. The summed E-state index contributed by atoms with van der Waals surface area (Å²) in [5.41, 5.74) is 4.01. The van der Waals surface area contributed by atoms with E-state index in [1.807, 2.05) is 48.2 Å². The molecule has 0 saturated heterocycles. The van der Waals surface area contributed by atoms with Gasteiger partial charge in [0, 0.05) is 29.7 Å². The van der Waals surface area contributed by atoms with Gasteiger partial charge in [0.15, 0.2) is 11.5 Å². The lowest BCUT2D eigenvalue weighted by molar-refractivity contribution is 0.0980. The number of aromatic nitrogens is 2. The summed E-state index contributed by atoms with van der Waals surface area (Å²) < 4.78 is 10.7. The third-order valence-corrected chi connectivity index (χ3v) is 5.06. The number of nitrogens with one attached hydrogen (secondary N) is 1. The molecule has 2 aromatic carbocycles. The number of aryl methyl sites for hydroxylation is 2. The van der Waals surface area contributed by atoms with Gasteiger partial charge in [-0.1, -0.05) is 18.2 Å². The molecule has 146 valence electrons. The van der Waals surface area contributed by atoms with Gasteiger partial charge >= 0.3 is 0 Å². The fourth-order valence-electron chi connectivity index (χ4n) is 3.72.